The average molecular weight is 325 g/mol. The molecule has 4 nitrogen and oxygen atoms in total. The summed E-state index contributed by atoms with van der Waals surface area (Å²) in [5.74, 6) is 1.55. The van der Waals surface area contributed by atoms with Crippen molar-refractivity contribution >= 4 is 17.5 Å². The first-order valence-corrected chi connectivity index (χ1v) is 8.15. The molecule has 1 saturated heterocycles. The second-order valence-corrected chi connectivity index (χ2v) is 6.63. The van der Waals surface area contributed by atoms with E-state index in [1.54, 1.807) is 0 Å². The smallest absolute Gasteiger partial charge is 0.222 e. The molecule has 1 aromatic carbocycles. The number of piperidine rings is 1. The summed E-state index contributed by atoms with van der Waals surface area (Å²) in [4.78, 5) is 15.6. The van der Waals surface area contributed by atoms with Crippen LogP contribution in [0.2, 0.25) is 5.02 Å². The summed E-state index contributed by atoms with van der Waals surface area (Å²) in [5.41, 5.74) is 1.13. The second kappa shape index (κ2) is 7.84. The van der Waals surface area contributed by atoms with Crippen LogP contribution in [-0.4, -0.2) is 56.0 Å². The van der Waals surface area contributed by atoms with Crippen molar-refractivity contribution in [3.05, 3.63) is 28.8 Å². The van der Waals surface area contributed by atoms with Gasteiger partial charge < -0.3 is 14.5 Å². The van der Waals surface area contributed by atoms with Crippen molar-refractivity contribution in [1.82, 2.24) is 9.80 Å². The zero-order valence-electron chi connectivity index (χ0n) is 13.6. The van der Waals surface area contributed by atoms with E-state index in [0.717, 1.165) is 37.4 Å². The maximum absolute atomic E-state index is 11.5. The Bertz CT molecular complexity index is 521. The Morgan fingerprint density at radius 3 is 2.91 bits per heavy atom. The van der Waals surface area contributed by atoms with Crippen LogP contribution in [0, 0.1) is 12.8 Å². The van der Waals surface area contributed by atoms with Crippen molar-refractivity contribution in [2.24, 2.45) is 5.92 Å². The van der Waals surface area contributed by atoms with Crippen LogP contribution in [0.15, 0.2) is 18.2 Å². The highest BCUT2D eigenvalue weighted by Gasteiger charge is 2.23. The number of ether oxygens (including phenoxy) is 1. The summed E-state index contributed by atoms with van der Waals surface area (Å²) in [7, 11) is 3.98. The predicted molar refractivity (Wildman–Crippen MR) is 89.5 cm³/mol. The van der Waals surface area contributed by atoms with Gasteiger partial charge in [-0.1, -0.05) is 17.7 Å². The average Bonchev–Trinajstić information content (AvgIpc) is 2.45. The van der Waals surface area contributed by atoms with Crippen molar-refractivity contribution in [1.29, 1.82) is 0 Å². The minimum absolute atomic E-state index is 0.260. The molecule has 1 heterocycles. The van der Waals surface area contributed by atoms with Crippen molar-refractivity contribution in [3.8, 4) is 5.75 Å². The Balaban J connectivity index is 1.71. The highest BCUT2D eigenvalue weighted by atomic mass is 35.5. The van der Waals surface area contributed by atoms with E-state index < -0.39 is 0 Å². The van der Waals surface area contributed by atoms with E-state index in [1.165, 1.54) is 0 Å². The molecule has 0 bridgehead atoms. The molecule has 0 radical (unpaired) electrons. The Morgan fingerprint density at radius 1 is 1.45 bits per heavy atom. The lowest BCUT2D eigenvalue weighted by molar-refractivity contribution is -0.133. The topological polar surface area (TPSA) is 32.8 Å². The number of carbonyl (C=O) groups is 1. The van der Waals surface area contributed by atoms with E-state index >= 15 is 0 Å². The quantitative estimate of drug-likeness (QED) is 0.806. The third kappa shape index (κ3) is 4.89. The third-order valence-corrected chi connectivity index (χ3v) is 4.41. The van der Waals surface area contributed by atoms with Gasteiger partial charge in [-0.3, -0.25) is 4.79 Å². The van der Waals surface area contributed by atoms with Crippen LogP contribution in [0.25, 0.3) is 0 Å². The Kier molecular flexibility index (Phi) is 6.09. The van der Waals surface area contributed by atoms with Crippen molar-refractivity contribution < 1.29 is 9.53 Å². The number of carbonyl (C=O) groups excluding carboxylic acids is 1. The minimum atomic E-state index is 0.260. The lowest BCUT2D eigenvalue weighted by atomic mass is 9.97. The van der Waals surface area contributed by atoms with Gasteiger partial charge in [0.1, 0.15) is 12.4 Å². The number of halogens is 1. The summed E-state index contributed by atoms with van der Waals surface area (Å²) in [6.45, 7) is 5.31. The molecule has 0 N–H and O–H groups in total. The number of likely N-dealkylation sites (N-methyl/N-ethyl adjacent to an activating group) is 1. The number of amides is 1. The summed E-state index contributed by atoms with van der Waals surface area (Å²) in [6.07, 6.45) is 1.66. The zero-order chi connectivity index (χ0) is 16.1. The SMILES string of the molecule is Cc1ccc(OCCN(C)CC2CCC(=O)N(C)C2)c(Cl)c1. The maximum Gasteiger partial charge on any atom is 0.222 e. The molecular weight excluding hydrogens is 300 g/mol. The van der Waals surface area contributed by atoms with Gasteiger partial charge in [0.05, 0.1) is 5.02 Å². The summed E-state index contributed by atoms with van der Waals surface area (Å²) < 4.78 is 5.75. The molecular formula is C17H25ClN2O2. The van der Waals surface area contributed by atoms with Gasteiger partial charge in [0.15, 0.2) is 0 Å². The molecule has 0 aliphatic carbocycles. The first-order valence-electron chi connectivity index (χ1n) is 7.77. The van der Waals surface area contributed by atoms with E-state index in [1.807, 2.05) is 37.1 Å². The molecule has 1 aliphatic rings. The van der Waals surface area contributed by atoms with Gasteiger partial charge in [-0.2, -0.15) is 0 Å². The van der Waals surface area contributed by atoms with Gasteiger partial charge in [-0.05, 0) is 44.0 Å². The number of benzene rings is 1. The normalized spacial score (nSPS) is 18.9. The lowest BCUT2D eigenvalue weighted by Gasteiger charge is -2.32. The molecule has 1 fully saturated rings. The van der Waals surface area contributed by atoms with Gasteiger partial charge in [-0.15, -0.1) is 0 Å². The Hall–Kier alpha value is -1.26. The van der Waals surface area contributed by atoms with E-state index in [2.05, 4.69) is 11.9 Å². The molecule has 0 saturated carbocycles. The fourth-order valence-electron chi connectivity index (χ4n) is 2.81. The van der Waals surface area contributed by atoms with Crippen LogP contribution >= 0.6 is 11.6 Å². The fraction of sp³-hybridized carbons (Fsp3) is 0.588. The third-order valence-electron chi connectivity index (χ3n) is 4.11. The summed E-state index contributed by atoms with van der Waals surface area (Å²) >= 11 is 6.15. The standard InChI is InChI=1S/C17H25ClN2O2/c1-13-4-6-16(15(18)10-13)22-9-8-19(2)11-14-5-7-17(21)20(3)12-14/h4,6,10,14H,5,7-9,11-12H2,1-3H3. The Labute approximate surface area is 138 Å². The van der Waals surface area contributed by atoms with Crippen molar-refractivity contribution in [3.63, 3.8) is 0 Å². The predicted octanol–water partition coefficient (Wildman–Crippen LogP) is 2.83. The monoisotopic (exact) mass is 324 g/mol. The summed E-state index contributed by atoms with van der Waals surface area (Å²) in [5, 5.41) is 0.662. The van der Waals surface area contributed by atoms with E-state index in [4.69, 9.17) is 16.3 Å². The molecule has 0 aromatic heterocycles. The highest BCUT2D eigenvalue weighted by Crippen LogP contribution is 2.25. The highest BCUT2D eigenvalue weighted by molar-refractivity contribution is 6.32. The first-order chi connectivity index (χ1) is 10.5. The number of rotatable bonds is 6. The number of hydrogen-bond acceptors (Lipinski definition) is 3. The molecule has 122 valence electrons. The van der Waals surface area contributed by atoms with E-state index in [9.17, 15) is 4.79 Å². The van der Waals surface area contributed by atoms with Crippen LogP contribution < -0.4 is 4.74 Å². The molecule has 2 rings (SSSR count). The number of hydrogen-bond donors (Lipinski definition) is 0. The van der Waals surface area contributed by atoms with Gasteiger partial charge in [0.25, 0.3) is 0 Å². The van der Waals surface area contributed by atoms with Crippen molar-refractivity contribution in [2.75, 3.05) is 40.3 Å². The molecule has 1 unspecified atom stereocenters. The minimum Gasteiger partial charge on any atom is -0.491 e. The second-order valence-electron chi connectivity index (χ2n) is 6.22. The van der Waals surface area contributed by atoms with Crippen LogP contribution in [0.3, 0.4) is 0 Å². The largest absolute Gasteiger partial charge is 0.491 e. The molecule has 1 amide bonds. The number of aryl methyl sites for hydroxylation is 1. The molecule has 1 aliphatic heterocycles. The van der Waals surface area contributed by atoms with Gasteiger partial charge >= 0.3 is 0 Å². The molecule has 1 atom stereocenters. The first kappa shape index (κ1) is 17.1. The summed E-state index contributed by atoms with van der Waals surface area (Å²) in [6, 6.07) is 5.83. The van der Waals surface area contributed by atoms with Gasteiger partial charge in [0, 0.05) is 33.1 Å². The molecule has 5 heteroatoms. The Morgan fingerprint density at radius 2 is 2.23 bits per heavy atom. The van der Waals surface area contributed by atoms with Crippen LogP contribution in [0.1, 0.15) is 18.4 Å². The number of likely N-dealkylation sites (tertiary alicyclic amines) is 1. The van der Waals surface area contributed by atoms with E-state index in [-0.39, 0.29) is 5.91 Å². The molecule has 1 aromatic rings. The van der Waals surface area contributed by atoms with E-state index in [0.29, 0.717) is 24.0 Å². The van der Waals surface area contributed by atoms with Gasteiger partial charge in [-0.25, -0.2) is 0 Å². The van der Waals surface area contributed by atoms with Crippen molar-refractivity contribution in [2.45, 2.75) is 19.8 Å². The van der Waals surface area contributed by atoms with Crippen LogP contribution in [-0.2, 0) is 4.79 Å². The zero-order valence-corrected chi connectivity index (χ0v) is 14.4. The maximum atomic E-state index is 11.5. The lowest BCUT2D eigenvalue weighted by Crippen LogP contribution is -2.41. The van der Waals surface area contributed by atoms with Crippen LogP contribution in [0.5, 0.6) is 5.75 Å². The number of nitrogens with zero attached hydrogens (tertiary/aromatic N) is 2. The fourth-order valence-corrected chi connectivity index (χ4v) is 3.10. The molecule has 22 heavy (non-hydrogen) atoms. The molecule has 0 spiro atoms. The van der Waals surface area contributed by atoms with Crippen LogP contribution in [0.4, 0.5) is 0 Å². The van der Waals surface area contributed by atoms with Gasteiger partial charge in [0.2, 0.25) is 5.91 Å².